The van der Waals surface area contributed by atoms with Crippen molar-refractivity contribution in [2.24, 2.45) is 0 Å². The number of halogens is 1. The molecule has 0 saturated carbocycles. The number of rotatable bonds is 2. The Kier molecular flexibility index (Phi) is 3.26. The maximum absolute atomic E-state index is 11.7. The minimum atomic E-state index is -0.415. The Labute approximate surface area is 112 Å². The van der Waals surface area contributed by atoms with Crippen LogP contribution in [0.5, 0.6) is 0 Å². The molecule has 1 aliphatic rings. The quantitative estimate of drug-likeness (QED) is 0.621. The van der Waals surface area contributed by atoms with Gasteiger partial charge in [-0.3, -0.25) is 14.6 Å². The number of carbonyl (C=O) groups excluding carboxylic acids is 2. The molecule has 2 rings (SSSR count). The fraction of sp³-hybridized carbons (Fsp3) is 0.182. The number of urea groups is 1. The first kappa shape index (κ1) is 12.2. The molecule has 0 radical (unpaired) electrons. The van der Waals surface area contributed by atoms with Crippen molar-refractivity contribution in [3.8, 4) is 0 Å². The van der Waals surface area contributed by atoms with Gasteiger partial charge in [-0.2, -0.15) is 0 Å². The molecule has 1 aromatic rings. The van der Waals surface area contributed by atoms with Crippen molar-refractivity contribution in [2.75, 3.05) is 7.05 Å². The van der Waals surface area contributed by atoms with Gasteiger partial charge >= 0.3 is 6.03 Å². The van der Waals surface area contributed by atoms with E-state index in [0.29, 0.717) is 6.54 Å². The number of thiocarbonyl (C=S) groups is 1. The normalized spacial score (nSPS) is 16.0. The standard InChI is InChI=1S/C11H9BrN2O2S/c1-13-9(15)10(17)14(11(13)16)6-7-2-4-8(12)5-3-7/h2-5H,6H2,1H3. The van der Waals surface area contributed by atoms with Crippen LogP contribution < -0.4 is 0 Å². The fourth-order valence-corrected chi connectivity index (χ4v) is 2.07. The summed E-state index contributed by atoms with van der Waals surface area (Å²) in [6.07, 6.45) is 0. The average molecular weight is 313 g/mol. The number of hydrogen-bond acceptors (Lipinski definition) is 3. The summed E-state index contributed by atoms with van der Waals surface area (Å²) in [5, 5.41) is 0. The molecule has 0 aromatic heterocycles. The predicted octanol–water partition coefficient (Wildman–Crippen LogP) is 2.17. The number of benzene rings is 1. The summed E-state index contributed by atoms with van der Waals surface area (Å²) in [4.78, 5) is 25.6. The maximum Gasteiger partial charge on any atom is 0.332 e. The van der Waals surface area contributed by atoms with Crippen LogP contribution in [0, 0.1) is 0 Å². The zero-order valence-corrected chi connectivity index (χ0v) is 11.4. The molecular weight excluding hydrogens is 304 g/mol. The Morgan fingerprint density at radius 1 is 1.24 bits per heavy atom. The van der Waals surface area contributed by atoms with E-state index < -0.39 is 5.91 Å². The summed E-state index contributed by atoms with van der Waals surface area (Å²) in [5.74, 6) is -0.415. The van der Waals surface area contributed by atoms with Crippen LogP contribution in [0.25, 0.3) is 0 Å². The molecule has 0 bridgehead atoms. The molecule has 1 aromatic carbocycles. The van der Waals surface area contributed by atoms with Gasteiger partial charge in [-0.1, -0.05) is 40.3 Å². The monoisotopic (exact) mass is 312 g/mol. The van der Waals surface area contributed by atoms with E-state index in [1.165, 1.54) is 11.9 Å². The molecule has 1 saturated heterocycles. The molecule has 0 atom stereocenters. The van der Waals surface area contributed by atoms with Crippen molar-refractivity contribution < 1.29 is 9.59 Å². The molecule has 4 nitrogen and oxygen atoms in total. The van der Waals surface area contributed by atoms with Crippen LogP contribution >= 0.6 is 28.1 Å². The lowest BCUT2D eigenvalue weighted by molar-refractivity contribution is -0.119. The topological polar surface area (TPSA) is 40.6 Å². The Balaban J connectivity index is 2.19. The van der Waals surface area contributed by atoms with Gasteiger partial charge in [0.1, 0.15) is 0 Å². The molecule has 6 heteroatoms. The third kappa shape index (κ3) is 2.23. The van der Waals surface area contributed by atoms with E-state index in [0.717, 1.165) is 14.9 Å². The van der Waals surface area contributed by atoms with Crippen molar-refractivity contribution in [3.05, 3.63) is 34.3 Å². The molecule has 0 aliphatic carbocycles. The largest absolute Gasteiger partial charge is 0.332 e. The van der Waals surface area contributed by atoms with Crippen LogP contribution in [0.3, 0.4) is 0 Å². The molecule has 1 fully saturated rings. The molecule has 3 amide bonds. The van der Waals surface area contributed by atoms with E-state index >= 15 is 0 Å². The summed E-state index contributed by atoms with van der Waals surface area (Å²) >= 11 is 8.28. The molecular formula is C11H9BrN2O2S. The van der Waals surface area contributed by atoms with Crippen LogP contribution in [0.1, 0.15) is 5.56 Å². The third-order valence-electron chi connectivity index (χ3n) is 2.50. The van der Waals surface area contributed by atoms with Gasteiger partial charge in [-0.25, -0.2) is 4.79 Å². The number of likely N-dealkylation sites (N-methyl/N-ethyl adjacent to an activating group) is 1. The van der Waals surface area contributed by atoms with Gasteiger partial charge in [0.05, 0.1) is 6.54 Å². The minimum absolute atomic E-state index is 0.0559. The molecule has 0 N–H and O–H groups in total. The average Bonchev–Trinajstić information content (AvgIpc) is 2.50. The van der Waals surface area contributed by atoms with Crippen LogP contribution in [0.2, 0.25) is 0 Å². The zero-order valence-electron chi connectivity index (χ0n) is 9.01. The van der Waals surface area contributed by atoms with Gasteiger partial charge in [0.15, 0.2) is 4.99 Å². The van der Waals surface area contributed by atoms with E-state index in [1.807, 2.05) is 24.3 Å². The van der Waals surface area contributed by atoms with Gasteiger partial charge in [-0.05, 0) is 17.7 Å². The zero-order chi connectivity index (χ0) is 12.6. The summed E-state index contributed by atoms with van der Waals surface area (Å²) in [7, 11) is 1.43. The SMILES string of the molecule is CN1C(=O)C(=S)N(Cc2ccc(Br)cc2)C1=O. The highest BCUT2D eigenvalue weighted by molar-refractivity contribution is 9.10. The van der Waals surface area contributed by atoms with Gasteiger partial charge < -0.3 is 0 Å². The van der Waals surface area contributed by atoms with Crippen LogP contribution in [-0.4, -0.2) is 33.8 Å². The number of hydrogen-bond donors (Lipinski definition) is 0. The van der Waals surface area contributed by atoms with Crippen molar-refractivity contribution >= 4 is 45.1 Å². The fourth-order valence-electron chi connectivity index (χ4n) is 1.53. The minimum Gasteiger partial charge on any atom is -0.275 e. The van der Waals surface area contributed by atoms with E-state index in [2.05, 4.69) is 15.9 Å². The van der Waals surface area contributed by atoms with Crippen LogP contribution in [-0.2, 0) is 11.3 Å². The van der Waals surface area contributed by atoms with Gasteiger partial charge in [-0.15, -0.1) is 0 Å². The first-order valence-corrected chi connectivity index (χ1v) is 6.09. The van der Waals surface area contributed by atoms with Gasteiger partial charge in [0, 0.05) is 11.5 Å². The first-order valence-electron chi connectivity index (χ1n) is 4.88. The Morgan fingerprint density at radius 3 is 2.29 bits per heavy atom. The molecule has 17 heavy (non-hydrogen) atoms. The van der Waals surface area contributed by atoms with Crippen molar-refractivity contribution in [1.82, 2.24) is 9.80 Å². The highest BCUT2D eigenvalue weighted by Crippen LogP contribution is 2.17. The number of imide groups is 1. The number of carbonyl (C=O) groups is 2. The van der Waals surface area contributed by atoms with Crippen molar-refractivity contribution in [1.29, 1.82) is 0 Å². The van der Waals surface area contributed by atoms with E-state index in [9.17, 15) is 9.59 Å². The first-order chi connectivity index (χ1) is 8.00. The number of nitrogens with zero attached hydrogens (tertiary/aromatic N) is 2. The van der Waals surface area contributed by atoms with Crippen molar-refractivity contribution in [2.45, 2.75) is 6.54 Å². The summed E-state index contributed by atoms with van der Waals surface area (Å²) < 4.78 is 0.963. The predicted molar refractivity (Wildman–Crippen MR) is 70.4 cm³/mol. The highest BCUT2D eigenvalue weighted by Gasteiger charge is 2.38. The Morgan fingerprint density at radius 2 is 1.82 bits per heavy atom. The molecule has 88 valence electrons. The van der Waals surface area contributed by atoms with Crippen molar-refractivity contribution in [3.63, 3.8) is 0 Å². The third-order valence-corrected chi connectivity index (χ3v) is 3.43. The molecule has 0 spiro atoms. The lowest BCUT2D eigenvalue weighted by Crippen LogP contribution is -2.30. The van der Waals surface area contributed by atoms with Gasteiger partial charge in [0.2, 0.25) is 0 Å². The lowest BCUT2D eigenvalue weighted by Gasteiger charge is -2.14. The molecule has 1 aliphatic heterocycles. The second-order valence-corrected chi connectivity index (χ2v) is 4.97. The lowest BCUT2D eigenvalue weighted by atomic mass is 10.2. The molecule has 0 unspecified atom stereocenters. The van der Waals surface area contributed by atoms with E-state index in [-0.39, 0.29) is 11.0 Å². The highest BCUT2D eigenvalue weighted by atomic mass is 79.9. The summed E-state index contributed by atoms with van der Waals surface area (Å²) in [5.41, 5.74) is 0.923. The van der Waals surface area contributed by atoms with E-state index in [4.69, 9.17) is 12.2 Å². The van der Waals surface area contributed by atoms with Crippen LogP contribution in [0.15, 0.2) is 28.7 Å². The smallest absolute Gasteiger partial charge is 0.275 e. The maximum atomic E-state index is 11.7. The number of amides is 3. The van der Waals surface area contributed by atoms with Crippen LogP contribution in [0.4, 0.5) is 4.79 Å². The molecule has 1 heterocycles. The summed E-state index contributed by atoms with van der Waals surface area (Å²) in [6.45, 7) is 0.320. The van der Waals surface area contributed by atoms with Gasteiger partial charge in [0.25, 0.3) is 5.91 Å². The van der Waals surface area contributed by atoms with E-state index in [1.54, 1.807) is 0 Å². The second kappa shape index (κ2) is 4.54. The Bertz CT molecular complexity index is 501. The summed E-state index contributed by atoms with van der Waals surface area (Å²) in [6, 6.07) is 7.14. The Hall–Kier alpha value is -1.27. The second-order valence-electron chi connectivity index (χ2n) is 3.66.